The second kappa shape index (κ2) is 7.19. The summed E-state index contributed by atoms with van der Waals surface area (Å²) in [5, 5.41) is 0.927. The normalized spacial score (nSPS) is 19.1. The van der Waals surface area contributed by atoms with Crippen LogP contribution in [0.2, 0.25) is 0 Å². The van der Waals surface area contributed by atoms with Crippen LogP contribution < -0.4 is 0 Å². The Morgan fingerprint density at radius 1 is 1.30 bits per heavy atom. The SMILES string of the molecule is Cc1cc(S(=O)(=O)N2CCCN(CCBr)CC2)sc1Br. The van der Waals surface area contributed by atoms with E-state index < -0.39 is 10.0 Å². The molecule has 1 aromatic heterocycles. The van der Waals surface area contributed by atoms with Crippen LogP contribution in [0.25, 0.3) is 0 Å². The van der Waals surface area contributed by atoms with Gasteiger partial charge < -0.3 is 4.90 Å². The van der Waals surface area contributed by atoms with Crippen molar-refractivity contribution in [3.63, 3.8) is 0 Å². The van der Waals surface area contributed by atoms with Crippen LogP contribution in [0, 0.1) is 6.92 Å². The quantitative estimate of drug-likeness (QED) is 0.669. The van der Waals surface area contributed by atoms with Crippen molar-refractivity contribution in [3.8, 4) is 0 Å². The van der Waals surface area contributed by atoms with Crippen molar-refractivity contribution in [2.24, 2.45) is 0 Å². The van der Waals surface area contributed by atoms with Crippen LogP contribution in [-0.2, 0) is 10.0 Å². The summed E-state index contributed by atoms with van der Waals surface area (Å²) in [7, 11) is -3.34. The molecule has 0 N–H and O–H groups in total. The number of sulfonamides is 1. The fourth-order valence-electron chi connectivity index (χ4n) is 2.22. The van der Waals surface area contributed by atoms with Gasteiger partial charge in [0.05, 0.1) is 3.79 Å². The maximum atomic E-state index is 12.7. The standard InChI is InChI=1S/C12H18Br2N2O2S2/c1-10-9-11(19-12(10)14)20(17,18)16-5-2-4-15(6-3-13)7-8-16/h9H,2-8H2,1H3. The Kier molecular flexibility index (Phi) is 6.08. The van der Waals surface area contributed by atoms with Gasteiger partial charge in [-0.1, -0.05) is 15.9 Å². The molecule has 1 fully saturated rings. The lowest BCUT2D eigenvalue weighted by Crippen LogP contribution is -2.35. The first-order valence-corrected chi connectivity index (χ1v) is 10.7. The fourth-order valence-corrected chi connectivity index (χ4v) is 6.57. The van der Waals surface area contributed by atoms with E-state index in [0.717, 1.165) is 40.7 Å². The fraction of sp³-hybridized carbons (Fsp3) is 0.667. The number of aryl methyl sites for hydroxylation is 1. The van der Waals surface area contributed by atoms with E-state index in [1.54, 1.807) is 10.4 Å². The molecule has 114 valence electrons. The van der Waals surface area contributed by atoms with Gasteiger partial charge in [-0.25, -0.2) is 8.42 Å². The lowest BCUT2D eigenvalue weighted by molar-refractivity contribution is 0.305. The zero-order valence-corrected chi connectivity index (χ0v) is 16.1. The van der Waals surface area contributed by atoms with Crippen LogP contribution in [0.1, 0.15) is 12.0 Å². The average Bonchev–Trinajstić information content (AvgIpc) is 2.63. The van der Waals surface area contributed by atoms with E-state index in [1.165, 1.54) is 11.3 Å². The minimum atomic E-state index is -3.34. The smallest absolute Gasteiger partial charge is 0.252 e. The average molecular weight is 446 g/mol. The summed E-state index contributed by atoms with van der Waals surface area (Å²) in [6.07, 6.45) is 0.887. The maximum absolute atomic E-state index is 12.7. The Morgan fingerprint density at radius 3 is 2.65 bits per heavy atom. The van der Waals surface area contributed by atoms with Crippen molar-refractivity contribution in [1.29, 1.82) is 0 Å². The number of nitrogens with zero attached hydrogens (tertiary/aromatic N) is 2. The van der Waals surface area contributed by atoms with E-state index >= 15 is 0 Å². The van der Waals surface area contributed by atoms with E-state index in [0.29, 0.717) is 17.3 Å². The third-order valence-electron chi connectivity index (χ3n) is 3.38. The summed E-state index contributed by atoms with van der Waals surface area (Å²) in [5.74, 6) is 0. The molecule has 2 heterocycles. The zero-order chi connectivity index (χ0) is 14.8. The van der Waals surface area contributed by atoms with E-state index in [2.05, 4.69) is 36.8 Å². The molecule has 1 aliphatic heterocycles. The number of hydrogen-bond acceptors (Lipinski definition) is 4. The Balaban J connectivity index is 2.13. The number of alkyl halides is 1. The first-order valence-electron chi connectivity index (χ1n) is 6.49. The lowest BCUT2D eigenvalue weighted by Gasteiger charge is -2.20. The van der Waals surface area contributed by atoms with E-state index in [4.69, 9.17) is 0 Å². The molecule has 0 radical (unpaired) electrons. The third-order valence-corrected chi connectivity index (χ3v) is 8.22. The molecule has 2 rings (SSSR count). The molecule has 0 aromatic carbocycles. The van der Waals surface area contributed by atoms with Crippen molar-refractivity contribution >= 4 is 53.2 Å². The molecule has 8 heteroatoms. The number of halogens is 2. The van der Waals surface area contributed by atoms with E-state index in [1.807, 2.05) is 6.92 Å². The molecule has 0 aliphatic carbocycles. The van der Waals surface area contributed by atoms with Gasteiger partial charge in [0.1, 0.15) is 4.21 Å². The molecule has 0 amide bonds. The summed E-state index contributed by atoms with van der Waals surface area (Å²) in [6.45, 7) is 5.83. The van der Waals surface area contributed by atoms with Crippen LogP contribution in [0.15, 0.2) is 14.1 Å². The summed E-state index contributed by atoms with van der Waals surface area (Å²) in [5.41, 5.74) is 0.976. The molecular weight excluding hydrogens is 428 g/mol. The van der Waals surface area contributed by atoms with Crippen molar-refractivity contribution in [1.82, 2.24) is 9.21 Å². The van der Waals surface area contributed by atoms with Gasteiger partial charge in [-0.05, 0) is 47.4 Å². The highest BCUT2D eigenvalue weighted by molar-refractivity contribution is 9.11. The zero-order valence-electron chi connectivity index (χ0n) is 11.3. The maximum Gasteiger partial charge on any atom is 0.252 e. The minimum absolute atomic E-state index is 0.441. The highest BCUT2D eigenvalue weighted by Gasteiger charge is 2.28. The third kappa shape index (κ3) is 3.84. The number of thiophene rings is 1. The van der Waals surface area contributed by atoms with Gasteiger partial charge >= 0.3 is 0 Å². The highest BCUT2D eigenvalue weighted by Crippen LogP contribution is 2.32. The lowest BCUT2D eigenvalue weighted by atomic mass is 10.4. The van der Waals surface area contributed by atoms with Crippen LogP contribution in [-0.4, -0.2) is 55.7 Å². The monoisotopic (exact) mass is 444 g/mol. The Labute approximate surface area is 141 Å². The molecule has 0 atom stereocenters. The van der Waals surface area contributed by atoms with Crippen molar-refractivity contribution in [3.05, 3.63) is 15.4 Å². The summed E-state index contributed by atoms with van der Waals surface area (Å²) < 4.78 is 28.3. The van der Waals surface area contributed by atoms with Gasteiger partial charge in [0.15, 0.2) is 0 Å². The molecule has 1 aliphatic rings. The van der Waals surface area contributed by atoms with Crippen molar-refractivity contribution in [2.75, 3.05) is 38.1 Å². The topological polar surface area (TPSA) is 40.6 Å². The Morgan fingerprint density at radius 2 is 2.05 bits per heavy atom. The summed E-state index contributed by atoms with van der Waals surface area (Å²) in [4.78, 5) is 2.31. The molecule has 0 spiro atoms. The van der Waals surface area contributed by atoms with Gasteiger partial charge in [-0.2, -0.15) is 4.31 Å². The molecule has 0 bridgehead atoms. The number of hydrogen-bond donors (Lipinski definition) is 0. The minimum Gasteiger partial charge on any atom is -0.301 e. The molecule has 1 saturated heterocycles. The second-order valence-corrected chi connectivity index (χ2v) is 10.1. The van der Waals surface area contributed by atoms with Gasteiger partial charge in [0, 0.05) is 31.5 Å². The van der Waals surface area contributed by atoms with Gasteiger partial charge in [-0.3, -0.25) is 0 Å². The van der Waals surface area contributed by atoms with Crippen molar-refractivity contribution in [2.45, 2.75) is 17.6 Å². The second-order valence-electron chi connectivity index (χ2n) is 4.81. The van der Waals surface area contributed by atoms with E-state index in [9.17, 15) is 8.42 Å². The van der Waals surface area contributed by atoms with Gasteiger partial charge in [-0.15, -0.1) is 11.3 Å². The van der Waals surface area contributed by atoms with Crippen LogP contribution in [0.3, 0.4) is 0 Å². The van der Waals surface area contributed by atoms with Gasteiger partial charge in [0.2, 0.25) is 0 Å². The van der Waals surface area contributed by atoms with E-state index in [-0.39, 0.29) is 0 Å². The highest BCUT2D eigenvalue weighted by atomic mass is 79.9. The summed E-state index contributed by atoms with van der Waals surface area (Å²) >= 11 is 8.13. The molecule has 20 heavy (non-hydrogen) atoms. The number of rotatable bonds is 4. The van der Waals surface area contributed by atoms with Crippen molar-refractivity contribution < 1.29 is 8.42 Å². The Bertz CT molecular complexity index is 540. The van der Waals surface area contributed by atoms with Crippen LogP contribution >= 0.6 is 43.2 Å². The molecule has 4 nitrogen and oxygen atoms in total. The molecule has 0 saturated carbocycles. The first kappa shape index (κ1) is 16.9. The summed E-state index contributed by atoms with van der Waals surface area (Å²) in [6, 6.07) is 1.76. The first-order chi connectivity index (χ1) is 9.45. The predicted octanol–water partition coefficient (Wildman–Crippen LogP) is 2.91. The molecule has 0 unspecified atom stereocenters. The molecular formula is C12H18Br2N2O2S2. The van der Waals surface area contributed by atoms with Crippen LogP contribution in [0.5, 0.6) is 0 Å². The largest absolute Gasteiger partial charge is 0.301 e. The van der Waals surface area contributed by atoms with Gasteiger partial charge in [0.25, 0.3) is 10.0 Å². The van der Waals surface area contributed by atoms with Crippen LogP contribution in [0.4, 0.5) is 0 Å². The Hall–Kier alpha value is 0.530. The molecule has 1 aromatic rings. The predicted molar refractivity (Wildman–Crippen MR) is 90.4 cm³/mol.